The SMILES string of the molecule is O=C(O)C1(c2ccc(C3CCCCC3)cc2)CCCC1. The van der Waals surface area contributed by atoms with Crippen LogP contribution in [0.2, 0.25) is 0 Å². The van der Waals surface area contributed by atoms with E-state index in [0.29, 0.717) is 5.92 Å². The van der Waals surface area contributed by atoms with Gasteiger partial charge < -0.3 is 5.11 Å². The molecule has 0 radical (unpaired) electrons. The van der Waals surface area contributed by atoms with E-state index >= 15 is 0 Å². The average molecular weight is 272 g/mol. The molecular weight excluding hydrogens is 248 g/mol. The van der Waals surface area contributed by atoms with E-state index in [1.807, 2.05) is 0 Å². The van der Waals surface area contributed by atoms with Crippen molar-refractivity contribution in [3.8, 4) is 0 Å². The summed E-state index contributed by atoms with van der Waals surface area (Å²) in [6, 6.07) is 8.55. The van der Waals surface area contributed by atoms with Crippen molar-refractivity contribution in [2.45, 2.75) is 69.1 Å². The Morgan fingerprint density at radius 1 is 0.950 bits per heavy atom. The van der Waals surface area contributed by atoms with E-state index in [1.165, 1.54) is 37.7 Å². The number of hydrogen-bond acceptors (Lipinski definition) is 1. The van der Waals surface area contributed by atoms with Crippen molar-refractivity contribution in [1.29, 1.82) is 0 Å². The fourth-order valence-corrected chi connectivity index (χ4v) is 4.11. The molecule has 0 saturated heterocycles. The Bertz CT molecular complexity index is 463. The molecular formula is C18H24O2. The molecule has 20 heavy (non-hydrogen) atoms. The standard InChI is InChI=1S/C18H24O2/c19-17(20)18(12-4-5-13-18)16-10-8-15(9-11-16)14-6-2-1-3-7-14/h8-11,14H,1-7,12-13H2,(H,19,20). The topological polar surface area (TPSA) is 37.3 Å². The van der Waals surface area contributed by atoms with Gasteiger partial charge in [0.1, 0.15) is 0 Å². The first-order valence-corrected chi connectivity index (χ1v) is 8.06. The minimum Gasteiger partial charge on any atom is -0.481 e. The Morgan fingerprint density at radius 3 is 2.10 bits per heavy atom. The van der Waals surface area contributed by atoms with Crippen molar-refractivity contribution >= 4 is 5.97 Å². The molecule has 2 saturated carbocycles. The van der Waals surface area contributed by atoms with Crippen LogP contribution >= 0.6 is 0 Å². The molecule has 2 heteroatoms. The van der Waals surface area contributed by atoms with Crippen molar-refractivity contribution < 1.29 is 9.90 Å². The van der Waals surface area contributed by atoms with Crippen LogP contribution in [-0.2, 0) is 10.2 Å². The van der Waals surface area contributed by atoms with Crippen molar-refractivity contribution in [1.82, 2.24) is 0 Å². The van der Waals surface area contributed by atoms with Gasteiger partial charge in [0.25, 0.3) is 0 Å². The van der Waals surface area contributed by atoms with Crippen LogP contribution < -0.4 is 0 Å². The third kappa shape index (κ3) is 2.36. The Hall–Kier alpha value is -1.31. The molecule has 0 aliphatic heterocycles. The van der Waals surface area contributed by atoms with Crippen LogP contribution in [0.3, 0.4) is 0 Å². The molecule has 2 aliphatic rings. The van der Waals surface area contributed by atoms with Crippen LogP contribution in [0.5, 0.6) is 0 Å². The lowest BCUT2D eigenvalue weighted by Crippen LogP contribution is -2.32. The molecule has 0 atom stereocenters. The molecule has 0 bridgehead atoms. The summed E-state index contributed by atoms with van der Waals surface area (Å²) in [6.45, 7) is 0. The summed E-state index contributed by atoms with van der Waals surface area (Å²) in [7, 11) is 0. The molecule has 2 nitrogen and oxygen atoms in total. The number of carbonyl (C=O) groups is 1. The average Bonchev–Trinajstić information content (AvgIpc) is 2.99. The highest BCUT2D eigenvalue weighted by atomic mass is 16.4. The maximum Gasteiger partial charge on any atom is 0.314 e. The molecule has 0 aromatic heterocycles. The van der Waals surface area contributed by atoms with Gasteiger partial charge in [-0.15, -0.1) is 0 Å². The molecule has 1 aromatic rings. The number of benzene rings is 1. The smallest absolute Gasteiger partial charge is 0.314 e. The van der Waals surface area contributed by atoms with Gasteiger partial charge in [-0.05, 0) is 42.7 Å². The highest BCUT2D eigenvalue weighted by Gasteiger charge is 2.42. The van der Waals surface area contributed by atoms with E-state index in [0.717, 1.165) is 31.2 Å². The Morgan fingerprint density at radius 2 is 1.55 bits per heavy atom. The predicted octanol–water partition coefficient (Wildman–Crippen LogP) is 4.63. The number of hydrogen-bond donors (Lipinski definition) is 1. The molecule has 1 N–H and O–H groups in total. The maximum absolute atomic E-state index is 11.7. The lowest BCUT2D eigenvalue weighted by molar-refractivity contribution is -0.143. The van der Waals surface area contributed by atoms with Crippen molar-refractivity contribution in [2.24, 2.45) is 0 Å². The molecule has 108 valence electrons. The van der Waals surface area contributed by atoms with Crippen LogP contribution in [0.25, 0.3) is 0 Å². The van der Waals surface area contributed by atoms with Crippen LogP contribution in [0.15, 0.2) is 24.3 Å². The summed E-state index contributed by atoms with van der Waals surface area (Å²) in [5.41, 5.74) is 1.82. The van der Waals surface area contributed by atoms with Gasteiger partial charge in [0, 0.05) is 0 Å². The van der Waals surface area contributed by atoms with Crippen LogP contribution in [0.4, 0.5) is 0 Å². The quantitative estimate of drug-likeness (QED) is 0.871. The molecule has 0 heterocycles. The van der Waals surface area contributed by atoms with E-state index in [4.69, 9.17) is 0 Å². The van der Waals surface area contributed by atoms with Gasteiger partial charge >= 0.3 is 5.97 Å². The number of carboxylic acids is 1. The zero-order chi connectivity index (χ0) is 14.0. The lowest BCUT2D eigenvalue weighted by atomic mass is 9.77. The van der Waals surface area contributed by atoms with E-state index < -0.39 is 11.4 Å². The third-order valence-corrected chi connectivity index (χ3v) is 5.41. The number of rotatable bonds is 3. The van der Waals surface area contributed by atoms with Gasteiger partial charge in [0.15, 0.2) is 0 Å². The van der Waals surface area contributed by atoms with Crippen LogP contribution in [0, 0.1) is 0 Å². The number of carboxylic acid groups (broad SMARTS) is 1. The van der Waals surface area contributed by atoms with Crippen molar-refractivity contribution in [3.63, 3.8) is 0 Å². The first kappa shape index (κ1) is 13.7. The van der Waals surface area contributed by atoms with Gasteiger partial charge in [0.2, 0.25) is 0 Å². The van der Waals surface area contributed by atoms with E-state index in [9.17, 15) is 9.90 Å². The monoisotopic (exact) mass is 272 g/mol. The summed E-state index contributed by atoms with van der Waals surface area (Å²) >= 11 is 0. The van der Waals surface area contributed by atoms with Crippen LogP contribution in [-0.4, -0.2) is 11.1 Å². The number of aliphatic carboxylic acids is 1. The van der Waals surface area contributed by atoms with E-state index in [2.05, 4.69) is 24.3 Å². The second kappa shape index (κ2) is 5.59. The molecule has 0 spiro atoms. The fourth-order valence-electron chi connectivity index (χ4n) is 4.11. The second-order valence-electron chi connectivity index (χ2n) is 6.55. The molecule has 2 aliphatic carbocycles. The van der Waals surface area contributed by atoms with Gasteiger partial charge in [-0.2, -0.15) is 0 Å². The normalized spacial score (nSPS) is 22.8. The lowest BCUT2D eigenvalue weighted by Gasteiger charge is -2.26. The van der Waals surface area contributed by atoms with Gasteiger partial charge in [0.05, 0.1) is 5.41 Å². The highest BCUT2D eigenvalue weighted by Crippen LogP contribution is 2.42. The highest BCUT2D eigenvalue weighted by molar-refractivity contribution is 5.81. The second-order valence-corrected chi connectivity index (χ2v) is 6.55. The Kier molecular flexibility index (Phi) is 3.82. The molecule has 0 amide bonds. The Labute approximate surface area is 121 Å². The van der Waals surface area contributed by atoms with Crippen molar-refractivity contribution in [3.05, 3.63) is 35.4 Å². The molecule has 0 unspecified atom stereocenters. The van der Waals surface area contributed by atoms with Crippen LogP contribution in [0.1, 0.15) is 74.8 Å². The van der Waals surface area contributed by atoms with Gasteiger partial charge in [-0.25, -0.2) is 0 Å². The first-order chi connectivity index (χ1) is 9.72. The zero-order valence-corrected chi connectivity index (χ0v) is 12.1. The maximum atomic E-state index is 11.7. The Balaban J connectivity index is 1.83. The molecule has 2 fully saturated rings. The van der Waals surface area contributed by atoms with Gasteiger partial charge in [-0.3, -0.25) is 4.79 Å². The zero-order valence-electron chi connectivity index (χ0n) is 12.1. The largest absolute Gasteiger partial charge is 0.481 e. The van der Waals surface area contributed by atoms with Gasteiger partial charge in [-0.1, -0.05) is 56.4 Å². The summed E-state index contributed by atoms with van der Waals surface area (Å²) in [6.07, 6.45) is 10.3. The first-order valence-electron chi connectivity index (χ1n) is 8.06. The summed E-state index contributed by atoms with van der Waals surface area (Å²) in [5.74, 6) is 0.0579. The molecule has 3 rings (SSSR count). The fraction of sp³-hybridized carbons (Fsp3) is 0.611. The summed E-state index contributed by atoms with van der Waals surface area (Å²) in [4.78, 5) is 11.7. The summed E-state index contributed by atoms with van der Waals surface area (Å²) in [5, 5.41) is 9.64. The predicted molar refractivity (Wildman–Crippen MR) is 80.0 cm³/mol. The third-order valence-electron chi connectivity index (χ3n) is 5.41. The molecule has 1 aromatic carbocycles. The minimum atomic E-state index is -0.639. The minimum absolute atomic E-state index is 0.606. The van der Waals surface area contributed by atoms with E-state index in [-0.39, 0.29) is 0 Å². The van der Waals surface area contributed by atoms with Crippen molar-refractivity contribution in [2.75, 3.05) is 0 Å². The summed E-state index contributed by atoms with van der Waals surface area (Å²) < 4.78 is 0. The van der Waals surface area contributed by atoms with E-state index in [1.54, 1.807) is 0 Å².